The van der Waals surface area contributed by atoms with Crippen molar-refractivity contribution in [3.8, 4) is 22.5 Å². The Morgan fingerprint density at radius 1 is 0.900 bits per heavy atom. The van der Waals surface area contributed by atoms with E-state index in [1.54, 1.807) is 24.2 Å². The summed E-state index contributed by atoms with van der Waals surface area (Å²) < 4.78 is 0.626. The van der Waals surface area contributed by atoms with E-state index in [1.807, 2.05) is 12.1 Å². The van der Waals surface area contributed by atoms with Crippen molar-refractivity contribution in [1.82, 2.24) is 15.0 Å². The number of nitrogens with zero attached hydrogens (tertiary/aromatic N) is 1. The van der Waals surface area contributed by atoms with Gasteiger partial charge in [0, 0.05) is 28.4 Å². The summed E-state index contributed by atoms with van der Waals surface area (Å²) in [5.41, 5.74) is 4.18. The zero-order chi connectivity index (χ0) is 13.9. The Kier molecular flexibility index (Phi) is 3.71. The molecule has 0 atom stereocenters. The number of rotatable bonds is 3. The summed E-state index contributed by atoms with van der Waals surface area (Å²) in [4.78, 5) is 11.7. The monoisotopic (exact) mass is 299 g/mol. The van der Waals surface area contributed by atoms with Crippen LogP contribution in [0.25, 0.3) is 22.5 Å². The predicted molar refractivity (Wildman–Crippen MR) is 86.4 cm³/mol. The first-order valence-electron chi connectivity index (χ1n) is 6.15. The molecule has 1 aromatic carbocycles. The summed E-state index contributed by atoms with van der Waals surface area (Å²) in [5, 5.41) is 0. The molecule has 0 aliphatic heterocycles. The Balaban J connectivity index is 2.12. The molecular formula is C15H13N3S2. The molecule has 100 valence electrons. The lowest BCUT2D eigenvalue weighted by atomic mass is 10.1. The molecule has 2 aromatic heterocycles. The fourth-order valence-corrected chi connectivity index (χ4v) is 2.70. The fourth-order valence-electron chi connectivity index (χ4n) is 2.09. The first kappa shape index (κ1) is 13.1. The van der Waals surface area contributed by atoms with Gasteiger partial charge < -0.3 is 9.97 Å². The Labute approximate surface area is 126 Å². The van der Waals surface area contributed by atoms with Crippen LogP contribution in [0.5, 0.6) is 0 Å². The Bertz CT molecular complexity index is 758. The molecule has 0 amide bonds. The zero-order valence-electron chi connectivity index (χ0n) is 10.9. The Morgan fingerprint density at radius 3 is 2.00 bits per heavy atom. The van der Waals surface area contributed by atoms with Gasteiger partial charge in [0.15, 0.2) is 4.77 Å². The molecule has 0 unspecified atom stereocenters. The van der Waals surface area contributed by atoms with E-state index in [4.69, 9.17) is 12.2 Å². The van der Waals surface area contributed by atoms with Crippen molar-refractivity contribution in [2.45, 2.75) is 4.90 Å². The first-order valence-corrected chi connectivity index (χ1v) is 7.78. The number of aromatic amines is 2. The largest absolute Gasteiger partial charge is 0.330 e. The molecule has 3 rings (SSSR count). The highest BCUT2D eigenvalue weighted by molar-refractivity contribution is 7.98. The van der Waals surface area contributed by atoms with Crippen LogP contribution >= 0.6 is 24.0 Å². The molecule has 0 bridgehead atoms. The normalized spacial score (nSPS) is 10.7. The summed E-state index contributed by atoms with van der Waals surface area (Å²) in [6.07, 6.45) is 5.63. The lowest BCUT2D eigenvalue weighted by Crippen LogP contribution is -1.84. The van der Waals surface area contributed by atoms with E-state index >= 15 is 0 Å². The van der Waals surface area contributed by atoms with Gasteiger partial charge in [-0.15, -0.1) is 11.8 Å². The maximum atomic E-state index is 5.24. The standard InChI is InChI=1S/C15H13N3S2/c1-20-12-4-2-10(3-5-12)13-14(18-15(19)17-13)11-6-8-16-9-7-11/h2-9H,1H3,(H2,17,18,19). The number of hydrogen-bond acceptors (Lipinski definition) is 3. The van der Waals surface area contributed by atoms with Crippen LogP contribution in [-0.4, -0.2) is 21.2 Å². The average molecular weight is 299 g/mol. The first-order chi connectivity index (χ1) is 9.78. The molecule has 0 saturated heterocycles. The van der Waals surface area contributed by atoms with Crippen molar-refractivity contribution in [2.75, 3.05) is 6.26 Å². The zero-order valence-corrected chi connectivity index (χ0v) is 12.5. The average Bonchev–Trinajstić information content (AvgIpc) is 2.90. The van der Waals surface area contributed by atoms with E-state index < -0.39 is 0 Å². The highest BCUT2D eigenvalue weighted by Crippen LogP contribution is 2.30. The van der Waals surface area contributed by atoms with Crippen molar-refractivity contribution < 1.29 is 0 Å². The van der Waals surface area contributed by atoms with Gasteiger partial charge in [0.25, 0.3) is 0 Å². The number of nitrogens with one attached hydrogen (secondary N) is 2. The van der Waals surface area contributed by atoms with E-state index in [2.05, 4.69) is 45.5 Å². The fraction of sp³-hybridized carbons (Fsp3) is 0.0667. The molecule has 0 aliphatic carbocycles. The van der Waals surface area contributed by atoms with Crippen LogP contribution in [0.3, 0.4) is 0 Å². The van der Waals surface area contributed by atoms with Crippen molar-refractivity contribution in [3.05, 3.63) is 53.6 Å². The minimum atomic E-state index is 0.626. The van der Waals surface area contributed by atoms with Crippen LogP contribution in [0.2, 0.25) is 0 Å². The van der Waals surface area contributed by atoms with Crippen molar-refractivity contribution in [1.29, 1.82) is 0 Å². The number of pyridine rings is 1. The molecule has 0 saturated carbocycles. The quantitative estimate of drug-likeness (QED) is 0.552. The predicted octanol–water partition coefficient (Wildman–Crippen LogP) is 4.52. The Morgan fingerprint density at radius 2 is 1.45 bits per heavy atom. The summed E-state index contributed by atoms with van der Waals surface area (Å²) in [7, 11) is 0. The molecule has 0 spiro atoms. The third-order valence-corrected chi connectivity index (χ3v) is 4.02. The van der Waals surface area contributed by atoms with Crippen molar-refractivity contribution >= 4 is 24.0 Å². The highest BCUT2D eigenvalue weighted by atomic mass is 32.2. The van der Waals surface area contributed by atoms with Gasteiger partial charge in [0.2, 0.25) is 0 Å². The molecule has 5 heteroatoms. The minimum absolute atomic E-state index is 0.626. The maximum absolute atomic E-state index is 5.24. The number of hydrogen-bond donors (Lipinski definition) is 2. The van der Waals surface area contributed by atoms with Gasteiger partial charge in [0.1, 0.15) is 0 Å². The molecule has 3 aromatic rings. The second kappa shape index (κ2) is 5.64. The smallest absolute Gasteiger partial charge is 0.175 e. The number of aromatic nitrogens is 3. The van der Waals surface area contributed by atoms with Crippen LogP contribution in [0.15, 0.2) is 53.7 Å². The number of H-pyrrole nitrogens is 2. The van der Waals surface area contributed by atoms with Gasteiger partial charge in [-0.2, -0.15) is 0 Å². The van der Waals surface area contributed by atoms with Crippen LogP contribution in [-0.2, 0) is 0 Å². The molecule has 0 fully saturated rings. The molecule has 2 heterocycles. The number of imidazole rings is 1. The van der Waals surface area contributed by atoms with E-state index in [-0.39, 0.29) is 0 Å². The maximum Gasteiger partial charge on any atom is 0.175 e. The van der Waals surface area contributed by atoms with Crippen molar-refractivity contribution in [3.63, 3.8) is 0 Å². The summed E-state index contributed by atoms with van der Waals surface area (Å²) in [6, 6.07) is 12.4. The van der Waals surface area contributed by atoms with Gasteiger partial charge in [-0.3, -0.25) is 4.98 Å². The van der Waals surface area contributed by atoms with Gasteiger partial charge in [-0.05, 0) is 42.7 Å². The van der Waals surface area contributed by atoms with Crippen LogP contribution < -0.4 is 0 Å². The highest BCUT2D eigenvalue weighted by Gasteiger charge is 2.10. The molecule has 0 aliphatic rings. The molecule has 0 radical (unpaired) electrons. The van der Waals surface area contributed by atoms with E-state index in [9.17, 15) is 0 Å². The lowest BCUT2D eigenvalue weighted by molar-refractivity contribution is 1.26. The van der Waals surface area contributed by atoms with E-state index in [0.29, 0.717) is 4.77 Å². The number of thioether (sulfide) groups is 1. The van der Waals surface area contributed by atoms with Gasteiger partial charge in [0.05, 0.1) is 11.4 Å². The van der Waals surface area contributed by atoms with Crippen LogP contribution in [0.1, 0.15) is 0 Å². The summed E-state index contributed by atoms with van der Waals surface area (Å²) in [6.45, 7) is 0. The van der Waals surface area contributed by atoms with E-state index in [0.717, 1.165) is 22.5 Å². The van der Waals surface area contributed by atoms with Crippen LogP contribution in [0, 0.1) is 4.77 Å². The SMILES string of the molecule is CSc1ccc(-c2[nH]c(=S)[nH]c2-c2ccncc2)cc1. The van der Waals surface area contributed by atoms with Gasteiger partial charge >= 0.3 is 0 Å². The Hall–Kier alpha value is -1.85. The van der Waals surface area contributed by atoms with Gasteiger partial charge in [-0.1, -0.05) is 12.1 Å². The minimum Gasteiger partial charge on any atom is -0.330 e. The summed E-state index contributed by atoms with van der Waals surface area (Å²) >= 11 is 6.97. The molecule has 20 heavy (non-hydrogen) atoms. The van der Waals surface area contributed by atoms with E-state index in [1.165, 1.54) is 4.90 Å². The molecule has 2 N–H and O–H groups in total. The number of benzene rings is 1. The third kappa shape index (κ3) is 2.55. The molecular weight excluding hydrogens is 286 g/mol. The topological polar surface area (TPSA) is 44.5 Å². The summed E-state index contributed by atoms with van der Waals surface area (Å²) in [5.74, 6) is 0. The lowest BCUT2D eigenvalue weighted by Gasteiger charge is -2.04. The third-order valence-electron chi connectivity index (χ3n) is 3.07. The van der Waals surface area contributed by atoms with Gasteiger partial charge in [-0.25, -0.2) is 0 Å². The second-order valence-corrected chi connectivity index (χ2v) is 5.58. The second-order valence-electron chi connectivity index (χ2n) is 4.29. The van der Waals surface area contributed by atoms with Crippen LogP contribution in [0.4, 0.5) is 0 Å². The van der Waals surface area contributed by atoms with Crippen molar-refractivity contribution in [2.24, 2.45) is 0 Å². The molecule has 3 nitrogen and oxygen atoms in total.